The van der Waals surface area contributed by atoms with E-state index in [0.29, 0.717) is 11.2 Å². The molecule has 1 atom stereocenters. The van der Waals surface area contributed by atoms with Gasteiger partial charge >= 0.3 is 0 Å². The van der Waals surface area contributed by atoms with Gasteiger partial charge in [-0.25, -0.2) is 0 Å². The maximum Gasteiger partial charge on any atom is 0.254 e. The maximum atomic E-state index is 12.2. The lowest BCUT2D eigenvalue weighted by Crippen LogP contribution is -2.43. The quantitative estimate of drug-likeness (QED) is 0.810. The van der Waals surface area contributed by atoms with Gasteiger partial charge in [0.1, 0.15) is 0 Å². The molecule has 1 aliphatic rings. The van der Waals surface area contributed by atoms with Gasteiger partial charge in [-0.1, -0.05) is 13.8 Å². The van der Waals surface area contributed by atoms with Crippen molar-refractivity contribution < 1.29 is 4.79 Å². The smallest absolute Gasteiger partial charge is 0.254 e. The van der Waals surface area contributed by atoms with E-state index in [1.54, 1.807) is 11.3 Å². The summed E-state index contributed by atoms with van der Waals surface area (Å²) < 4.78 is 0. The molecule has 1 aliphatic heterocycles. The zero-order valence-corrected chi connectivity index (χ0v) is 11.3. The molecule has 0 saturated carbocycles. The van der Waals surface area contributed by atoms with Gasteiger partial charge in [0.05, 0.1) is 5.56 Å². The molecule has 2 rings (SSSR count). The number of carbonyl (C=O) groups is 1. The van der Waals surface area contributed by atoms with Crippen molar-refractivity contribution >= 4 is 29.0 Å². The number of nitrogens with zero attached hydrogens (tertiary/aromatic N) is 1. The summed E-state index contributed by atoms with van der Waals surface area (Å²) in [5.74, 6) is 1.91. The normalized spacial score (nSPS) is 21.4. The molecule has 1 fully saturated rings. The molecule has 0 N–H and O–H groups in total. The van der Waals surface area contributed by atoms with Crippen molar-refractivity contribution in [2.45, 2.75) is 19.1 Å². The van der Waals surface area contributed by atoms with E-state index < -0.39 is 0 Å². The van der Waals surface area contributed by atoms with Crippen LogP contribution in [0.15, 0.2) is 16.8 Å². The zero-order chi connectivity index (χ0) is 11.5. The summed E-state index contributed by atoms with van der Waals surface area (Å²) in [4.78, 5) is 14.2. The third-order valence-corrected chi connectivity index (χ3v) is 5.12. The van der Waals surface area contributed by atoms with Gasteiger partial charge in [0.25, 0.3) is 5.91 Å². The Balaban J connectivity index is 2.02. The first-order valence-electron chi connectivity index (χ1n) is 5.61. The van der Waals surface area contributed by atoms with Gasteiger partial charge in [0.15, 0.2) is 0 Å². The Morgan fingerprint density at radius 1 is 1.56 bits per heavy atom. The largest absolute Gasteiger partial charge is 0.337 e. The van der Waals surface area contributed by atoms with Crippen LogP contribution in [0.3, 0.4) is 0 Å². The monoisotopic (exact) mass is 255 g/mol. The highest BCUT2D eigenvalue weighted by atomic mass is 32.2. The van der Waals surface area contributed by atoms with E-state index in [9.17, 15) is 4.79 Å². The van der Waals surface area contributed by atoms with Crippen LogP contribution < -0.4 is 0 Å². The van der Waals surface area contributed by atoms with Crippen molar-refractivity contribution in [3.63, 3.8) is 0 Å². The summed E-state index contributed by atoms with van der Waals surface area (Å²) in [5, 5.41) is 4.50. The van der Waals surface area contributed by atoms with Gasteiger partial charge in [0, 0.05) is 29.5 Å². The van der Waals surface area contributed by atoms with Crippen LogP contribution in [-0.4, -0.2) is 34.9 Å². The van der Waals surface area contributed by atoms with E-state index in [-0.39, 0.29) is 5.91 Å². The van der Waals surface area contributed by atoms with Crippen LogP contribution in [0.5, 0.6) is 0 Å². The molecule has 0 aliphatic carbocycles. The van der Waals surface area contributed by atoms with Gasteiger partial charge in [0.2, 0.25) is 0 Å². The van der Waals surface area contributed by atoms with Crippen molar-refractivity contribution in [2.75, 3.05) is 18.8 Å². The molecule has 88 valence electrons. The molecule has 1 amide bonds. The zero-order valence-electron chi connectivity index (χ0n) is 9.68. The minimum absolute atomic E-state index is 0.201. The third kappa shape index (κ3) is 2.61. The Bertz CT molecular complexity index is 348. The molecule has 1 unspecified atom stereocenters. The predicted molar refractivity (Wildman–Crippen MR) is 71.3 cm³/mol. The van der Waals surface area contributed by atoms with Crippen molar-refractivity contribution in [1.29, 1.82) is 0 Å². The molecule has 1 aromatic rings. The van der Waals surface area contributed by atoms with Crippen LogP contribution in [0.25, 0.3) is 0 Å². The van der Waals surface area contributed by atoms with E-state index in [4.69, 9.17) is 0 Å². The van der Waals surface area contributed by atoms with Crippen LogP contribution in [0.2, 0.25) is 0 Å². The SMILES string of the molecule is CC(C)C1CN(C(=O)c2ccsc2)CCS1. The first-order valence-corrected chi connectivity index (χ1v) is 7.60. The Hall–Kier alpha value is -0.480. The van der Waals surface area contributed by atoms with E-state index in [1.807, 2.05) is 33.5 Å². The lowest BCUT2D eigenvalue weighted by Gasteiger charge is -2.34. The average molecular weight is 255 g/mol. The molecule has 0 aromatic carbocycles. The Morgan fingerprint density at radius 2 is 2.38 bits per heavy atom. The number of amides is 1. The molecule has 0 bridgehead atoms. The molecule has 16 heavy (non-hydrogen) atoms. The van der Waals surface area contributed by atoms with Crippen LogP contribution in [0, 0.1) is 5.92 Å². The summed E-state index contributed by atoms with van der Waals surface area (Å²) >= 11 is 3.58. The highest BCUT2D eigenvalue weighted by molar-refractivity contribution is 8.00. The van der Waals surface area contributed by atoms with Gasteiger partial charge < -0.3 is 4.90 Å². The number of rotatable bonds is 2. The van der Waals surface area contributed by atoms with Gasteiger partial charge in [-0.2, -0.15) is 23.1 Å². The molecular formula is C12H17NOS2. The summed E-state index contributed by atoms with van der Waals surface area (Å²) in [5.41, 5.74) is 0.847. The summed E-state index contributed by atoms with van der Waals surface area (Å²) in [7, 11) is 0. The van der Waals surface area contributed by atoms with Crippen LogP contribution >= 0.6 is 23.1 Å². The lowest BCUT2D eigenvalue weighted by molar-refractivity contribution is 0.0756. The third-order valence-electron chi connectivity index (χ3n) is 2.89. The fourth-order valence-corrected chi connectivity index (χ4v) is 3.76. The molecule has 2 heterocycles. The maximum absolute atomic E-state index is 12.2. The van der Waals surface area contributed by atoms with Crippen LogP contribution in [0.1, 0.15) is 24.2 Å². The van der Waals surface area contributed by atoms with Crippen molar-refractivity contribution in [2.24, 2.45) is 5.92 Å². The second kappa shape index (κ2) is 5.23. The second-order valence-corrected chi connectivity index (χ2v) is 6.54. The Kier molecular flexibility index (Phi) is 3.92. The van der Waals surface area contributed by atoms with Crippen LogP contribution in [-0.2, 0) is 0 Å². The number of thioether (sulfide) groups is 1. The Morgan fingerprint density at radius 3 is 3.00 bits per heavy atom. The van der Waals surface area contributed by atoms with E-state index in [0.717, 1.165) is 24.4 Å². The van der Waals surface area contributed by atoms with Crippen LogP contribution in [0.4, 0.5) is 0 Å². The first kappa shape index (κ1) is 12.0. The summed E-state index contributed by atoms with van der Waals surface area (Å²) in [6, 6.07) is 1.92. The summed E-state index contributed by atoms with van der Waals surface area (Å²) in [6.45, 7) is 6.26. The molecule has 1 saturated heterocycles. The second-order valence-electron chi connectivity index (χ2n) is 4.42. The van der Waals surface area contributed by atoms with Crippen molar-refractivity contribution in [3.05, 3.63) is 22.4 Å². The standard InChI is InChI=1S/C12H17NOS2/c1-9(2)11-7-13(4-6-16-11)12(14)10-3-5-15-8-10/h3,5,8-9,11H,4,6-7H2,1-2H3. The van der Waals surface area contributed by atoms with Gasteiger partial charge in [-0.3, -0.25) is 4.79 Å². The van der Waals surface area contributed by atoms with Crippen molar-refractivity contribution in [1.82, 2.24) is 4.90 Å². The van der Waals surface area contributed by atoms with E-state index in [1.165, 1.54) is 0 Å². The lowest BCUT2D eigenvalue weighted by atomic mass is 10.1. The molecule has 0 spiro atoms. The Labute approximate surface area is 105 Å². The van der Waals surface area contributed by atoms with Crippen molar-refractivity contribution in [3.8, 4) is 0 Å². The minimum atomic E-state index is 0.201. The number of carbonyl (C=O) groups excluding carboxylic acids is 1. The molecular weight excluding hydrogens is 238 g/mol. The molecule has 4 heteroatoms. The first-order chi connectivity index (χ1) is 7.68. The number of thiophene rings is 1. The fraction of sp³-hybridized carbons (Fsp3) is 0.583. The topological polar surface area (TPSA) is 20.3 Å². The van der Waals surface area contributed by atoms with E-state index >= 15 is 0 Å². The molecule has 1 aromatic heterocycles. The van der Waals surface area contributed by atoms with E-state index in [2.05, 4.69) is 13.8 Å². The average Bonchev–Trinajstić information content (AvgIpc) is 2.81. The fourth-order valence-electron chi connectivity index (χ4n) is 1.83. The minimum Gasteiger partial charge on any atom is -0.337 e. The van der Waals surface area contributed by atoms with Gasteiger partial charge in [-0.15, -0.1) is 0 Å². The summed E-state index contributed by atoms with van der Waals surface area (Å²) in [6.07, 6.45) is 0. The highest BCUT2D eigenvalue weighted by Crippen LogP contribution is 2.26. The predicted octanol–water partition coefficient (Wildman–Crippen LogP) is 2.96. The molecule has 0 radical (unpaired) electrons. The highest BCUT2D eigenvalue weighted by Gasteiger charge is 2.26. The van der Waals surface area contributed by atoms with Gasteiger partial charge in [-0.05, 0) is 17.4 Å². The molecule has 2 nitrogen and oxygen atoms in total. The number of hydrogen-bond donors (Lipinski definition) is 0. The number of hydrogen-bond acceptors (Lipinski definition) is 3.